The van der Waals surface area contributed by atoms with Gasteiger partial charge in [0.25, 0.3) is 5.31 Å². The van der Waals surface area contributed by atoms with E-state index in [9.17, 15) is 4.39 Å². The zero-order valence-corrected chi connectivity index (χ0v) is 5.26. The predicted octanol–water partition coefficient (Wildman–Crippen LogP) is 1.73. The van der Waals surface area contributed by atoms with Gasteiger partial charge in [0, 0.05) is 7.11 Å². The Balaban J connectivity index is 3.36. The molecule has 0 aromatic rings. The topological polar surface area (TPSA) is 9.23 Å². The van der Waals surface area contributed by atoms with Gasteiger partial charge in [0.1, 0.15) is 0 Å². The van der Waals surface area contributed by atoms with Crippen molar-refractivity contribution in [3.05, 3.63) is 0 Å². The Kier molecular flexibility index (Phi) is 2.88. The molecule has 4 heteroatoms. The first kappa shape index (κ1) is 7.47. The molecule has 0 amide bonds. The molecule has 0 saturated carbocycles. The fourth-order valence-electron chi connectivity index (χ4n) is 0.0546. The molecule has 0 aliphatic rings. The predicted molar refractivity (Wildman–Crippen MR) is 27.4 cm³/mol. The Morgan fingerprint density at radius 2 is 2.29 bits per heavy atom. The summed E-state index contributed by atoms with van der Waals surface area (Å²) in [5, 5.41) is -2.18. The quantitative estimate of drug-likeness (QED) is 0.540. The van der Waals surface area contributed by atoms with Crippen molar-refractivity contribution in [1.82, 2.24) is 0 Å². The molecule has 0 aromatic heterocycles. The zero-order chi connectivity index (χ0) is 5.91. The molecule has 1 atom stereocenters. The smallest absolute Gasteiger partial charge is 0.299 e. The molecule has 0 heterocycles. The second-order valence-corrected chi connectivity index (χ2v) is 1.81. The largest absolute Gasteiger partial charge is 0.336 e. The van der Waals surface area contributed by atoms with Gasteiger partial charge in [0.05, 0.1) is 5.88 Å². The maximum Gasteiger partial charge on any atom is 0.299 e. The molecular weight excluding hydrogens is 142 g/mol. The monoisotopic (exact) mass is 146 g/mol. The first-order valence-electron chi connectivity index (χ1n) is 1.61. The fourth-order valence-corrected chi connectivity index (χ4v) is 0.164. The van der Waals surface area contributed by atoms with E-state index >= 15 is 0 Å². The number of hydrogen-bond donors (Lipinski definition) is 0. The van der Waals surface area contributed by atoms with Gasteiger partial charge in [-0.1, -0.05) is 11.6 Å². The molecule has 0 N–H and O–H groups in total. The van der Waals surface area contributed by atoms with E-state index in [2.05, 4.69) is 4.74 Å². The van der Waals surface area contributed by atoms with Crippen LogP contribution in [0.1, 0.15) is 0 Å². The number of rotatable bonds is 2. The number of hydrogen-bond acceptors (Lipinski definition) is 1. The lowest BCUT2D eigenvalue weighted by Gasteiger charge is -2.09. The highest BCUT2D eigenvalue weighted by atomic mass is 35.5. The van der Waals surface area contributed by atoms with Crippen molar-refractivity contribution in [1.29, 1.82) is 0 Å². The van der Waals surface area contributed by atoms with Crippen molar-refractivity contribution < 1.29 is 9.13 Å². The van der Waals surface area contributed by atoms with E-state index < -0.39 is 5.31 Å². The Hall–Kier alpha value is 0.470. The lowest BCUT2D eigenvalue weighted by atomic mass is 10.8. The lowest BCUT2D eigenvalue weighted by molar-refractivity contribution is -0.0273. The molecule has 0 fully saturated rings. The van der Waals surface area contributed by atoms with Gasteiger partial charge in [-0.2, -0.15) is 4.39 Å². The Bertz CT molecular complexity index is 50.9. The Morgan fingerprint density at radius 1 is 1.86 bits per heavy atom. The van der Waals surface area contributed by atoms with Crippen LogP contribution in [0.5, 0.6) is 0 Å². The van der Waals surface area contributed by atoms with Crippen LogP contribution < -0.4 is 0 Å². The molecule has 0 rings (SSSR count). The minimum atomic E-state index is -2.18. The van der Waals surface area contributed by atoms with Crippen LogP contribution in [-0.4, -0.2) is 18.3 Å². The van der Waals surface area contributed by atoms with Crippen LogP contribution in [0.15, 0.2) is 0 Å². The van der Waals surface area contributed by atoms with Crippen LogP contribution in [-0.2, 0) is 4.74 Å². The van der Waals surface area contributed by atoms with Gasteiger partial charge in [-0.05, 0) is 0 Å². The van der Waals surface area contributed by atoms with Crippen molar-refractivity contribution in [2.75, 3.05) is 13.0 Å². The van der Waals surface area contributed by atoms with Crippen LogP contribution in [0.25, 0.3) is 0 Å². The molecule has 44 valence electrons. The molecule has 0 bridgehead atoms. The Morgan fingerprint density at radius 3 is 2.29 bits per heavy atom. The maximum atomic E-state index is 12.0. The molecule has 0 radical (unpaired) electrons. The minimum absolute atomic E-state index is 0.356. The molecule has 7 heavy (non-hydrogen) atoms. The number of ether oxygens (including phenoxy) is 1. The molecule has 1 unspecified atom stereocenters. The van der Waals surface area contributed by atoms with Crippen molar-refractivity contribution in [3.63, 3.8) is 0 Å². The summed E-state index contributed by atoms with van der Waals surface area (Å²) in [7, 11) is 1.15. The fraction of sp³-hybridized carbons (Fsp3) is 1.00. The molecule has 0 aliphatic heterocycles. The summed E-state index contributed by atoms with van der Waals surface area (Å²) in [6.45, 7) is 0. The summed E-state index contributed by atoms with van der Waals surface area (Å²) in [4.78, 5) is 0. The second kappa shape index (κ2) is 2.70. The molecule has 0 aromatic carbocycles. The third kappa shape index (κ3) is 3.09. The van der Waals surface area contributed by atoms with Crippen molar-refractivity contribution >= 4 is 23.2 Å². The highest BCUT2D eigenvalue weighted by Crippen LogP contribution is 2.18. The van der Waals surface area contributed by atoms with E-state index in [1.807, 2.05) is 0 Å². The standard InChI is InChI=1S/C3H5Cl2FO/c1-7-3(5,6)2-4/h2H2,1H3. The second-order valence-electron chi connectivity index (χ2n) is 0.975. The third-order valence-electron chi connectivity index (χ3n) is 0.454. The van der Waals surface area contributed by atoms with Gasteiger partial charge >= 0.3 is 0 Å². The van der Waals surface area contributed by atoms with E-state index in [1.54, 1.807) is 0 Å². The van der Waals surface area contributed by atoms with E-state index in [-0.39, 0.29) is 5.88 Å². The summed E-state index contributed by atoms with van der Waals surface area (Å²) in [5.74, 6) is -0.356. The van der Waals surface area contributed by atoms with E-state index in [1.165, 1.54) is 0 Å². The molecular formula is C3H5Cl2FO. The van der Waals surface area contributed by atoms with Crippen LogP contribution >= 0.6 is 23.2 Å². The molecule has 0 spiro atoms. The molecule has 1 nitrogen and oxygen atoms in total. The third-order valence-corrected chi connectivity index (χ3v) is 1.22. The summed E-state index contributed by atoms with van der Waals surface area (Å²) < 4.78 is 16.0. The Labute approximate surface area is 51.4 Å². The minimum Gasteiger partial charge on any atom is -0.336 e. The molecule has 0 saturated heterocycles. The highest BCUT2D eigenvalue weighted by Gasteiger charge is 2.22. The van der Waals surface area contributed by atoms with Crippen LogP contribution in [0.2, 0.25) is 0 Å². The van der Waals surface area contributed by atoms with Crippen LogP contribution in [0.3, 0.4) is 0 Å². The van der Waals surface area contributed by atoms with Crippen molar-refractivity contribution in [2.24, 2.45) is 0 Å². The summed E-state index contributed by atoms with van der Waals surface area (Å²) >= 11 is 9.85. The summed E-state index contributed by atoms with van der Waals surface area (Å²) in [5.41, 5.74) is 0. The van der Waals surface area contributed by atoms with Gasteiger partial charge < -0.3 is 4.74 Å². The summed E-state index contributed by atoms with van der Waals surface area (Å²) in [6, 6.07) is 0. The number of alkyl halides is 3. The van der Waals surface area contributed by atoms with Crippen LogP contribution in [0.4, 0.5) is 4.39 Å². The van der Waals surface area contributed by atoms with E-state index in [0.29, 0.717) is 0 Å². The van der Waals surface area contributed by atoms with Crippen molar-refractivity contribution in [2.45, 2.75) is 5.31 Å². The van der Waals surface area contributed by atoms with Gasteiger partial charge in [-0.25, -0.2) is 0 Å². The van der Waals surface area contributed by atoms with E-state index in [4.69, 9.17) is 23.2 Å². The number of methoxy groups -OCH3 is 1. The molecule has 0 aliphatic carbocycles. The SMILES string of the molecule is COC(F)(Cl)CCl. The average molecular weight is 147 g/mol. The van der Waals surface area contributed by atoms with Gasteiger partial charge in [0.2, 0.25) is 0 Å². The summed E-state index contributed by atoms with van der Waals surface area (Å²) in [6.07, 6.45) is 0. The van der Waals surface area contributed by atoms with Crippen LogP contribution in [0, 0.1) is 0 Å². The average Bonchev–Trinajstić information content (AvgIpc) is 1.68. The maximum absolute atomic E-state index is 12.0. The first-order valence-corrected chi connectivity index (χ1v) is 2.52. The number of halogens is 3. The highest BCUT2D eigenvalue weighted by molar-refractivity contribution is 6.29. The lowest BCUT2D eigenvalue weighted by Crippen LogP contribution is -2.18. The zero-order valence-electron chi connectivity index (χ0n) is 3.75. The van der Waals surface area contributed by atoms with Gasteiger partial charge in [-0.3, -0.25) is 0 Å². The van der Waals surface area contributed by atoms with Gasteiger partial charge in [0.15, 0.2) is 0 Å². The van der Waals surface area contributed by atoms with Gasteiger partial charge in [-0.15, -0.1) is 11.6 Å². The van der Waals surface area contributed by atoms with E-state index in [0.717, 1.165) is 7.11 Å². The first-order chi connectivity index (χ1) is 3.12. The normalized spacial score (nSPS) is 18.9. The van der Waals surface area contributed by atoms with Crippen molar-refractivity contribution in [3.8, 4) is 0 Å².